The van der Waals surface area contributed by atoms with Crippen LogP contribution in [-0.4, -0.2) is 13.1 Å². The lowest BCUT2D eigenvalue weighted by Gasteiger charge is -2.30. The van der Waals surface area contributed by atoms with E-state index < -0.39 is 0 Å². The van der Waals surface area contributed by atoms with Gasteiger partial charge in [-0.2, -0.15) is 0 Å². The first-order valence-corrected chi connectivity index (χ1v) is 5.21. The van der Waals surface area contributed by atoms with Crippen molar-refractivity contribution in [2.24, 2.45) is 11.3 Å². The van der Waals surface area contributed by atoms with E-state index in [4.69, 9.17) is 0 Å². The summed E-state index contributed by atoms with van der Waals surface area (Å²) < 4.78 is 0. The first-order chi connectivity index (χ1) is 5.54. The minimum Gasteiger partial charge on any atom is -0.316 e. The van der Waals surface area contributed by atoms with Crippen LogP contribution in [0.2, 0.25) is 0 Å². The van der Waals surface area contributed by atoms with Crippen molar-refractivity contribution in [2.75, 3.05) is 7.05 Å². The second kappa shape index (κ2) is 3.78. The number of hydrogen-bond acceptors (Lipinski definition) is 1. The van der Waals surface area contributed by atoms with Crippen LogP contribution in [0.25, 0.3) is 0 Å². The topological polar surface area (TPSA) is 12.0 Å². The van der Waals surface area contributed by atoms with Crippen molar-refractivity contribution in [3.05, 3.63) is 0 Å². The summed E-state index contributed by atoms with van der Waals surface area (Å²) in [5.41, 5.74) is 0.420. The Labute approximate surface area is 76.9 Å². The minimum absolute atomic E-state index is 0.420. The lowest BCUT2D eigenvalue weighted by atomic mass is 9.84. The quantitative estimate of drug-likeness (QED) is 0.682. The Balaban J connectivity index is 2.23. The Bertz CT molecular complexity index is 130. The highest BCUT2D eigenvalue weighted by atomic mass is 14.9. The average molecular weight is 169 g/mol. The Morgan fingerprint density at radius 1 is 1.33 bits per heavy atom. The van der Waals surface area contributed by atoms with E-state index in [1.807, 2.05) is 0 Å². The van der Waals surface area contributed by atoms with Crippen LogP contribution in [0.4, 0.5) is 0 Å². The molecule has 1 heteroatoms. The molecule has 0 aromatic carbocycles. The Morgan fingerprint density at radius 3 is 2.25 bits per heavy atom. The molecule has 0 saturated heterocycles. The average Bonchev–Trinajstić information content (AvgIpc) is 2.69. The van der Waals surface area contributed by atoms with Gasteiger partial charge in [0, 0.05) is 6.04 Å². The van der Waals surface area contributed by atoms with Gasteiger partial charge in [-0.15, -0.1) is 0 Å². The predicted molar refractivity (Wildman–Crippen MR) is 54.3 cm³/mol. The summed E-state index contributed by atoms with van der Waals surface area (Å²) in [5, 5.41) is 3.43. The van der Waals surface area contributed by atoms with Crippen LogP contribution in [0.1, 0.15) is 46.5 Å². The van der Waals surface area contributed by atoms with Crippen molar-refractivity contribution in [2.45, 2.75) is 52.5 Å². The highest BCUT2D eigenvalue weighted by Crippen LogP contribution is 2.35. The molecule has 0 radical (unpaired) electrons. The van der Waals surface area contributed by atoms with Crippen molar-refractivity contribution in [3.63, 3.8) is 0 Å². The molecule has 0 amide bonds. The Hall–Kier alpha value is -0.0400. The molecule has 72 valence electrons. The van der Waals surface area contributed by atoms with E-state index >= 15 is 0 Å². The Morgan fingerprint density at radius 2 is 1.92 bits per heavy atom. The molecular formula is C11H23N. The lowest BCUT2D eigenvalue weighted by molar-refractivity contribution is 0.260. The third-order valence-corrected chi connectivity index (χ3v) is 2.95. The van der Waals surface area contributed by atoms with Gasteiger partial charge in [-0.1, -0.05) is 33.6 Å². The molecule has 1 aliphatic rings. The highest BCUT2D eigenvalue weighted by molar-refractivity contribution is 4.82. The molecule has 0 aliphatic heterocycles. The van der Waals surface area contributed by atoms with E-state index in [1.165, 1.54) is 25.7 Å². The third-order valence-electron chi connectivity index (χ3n) is 2.95. The van der Waals surface area contributed by atoms with Gasteiger partial charge in [0.2, 0.25) is 0 Å². The van der Waals surface area contributed by atoms with Gasteiger partial charge in [-0.25, -0.2) is 0 Å². The van der Waals surface area contributed by atoms with Crippen molar-refractivity contribution in [1.82, 2.24) is 5.32 Å². The third kappa shape index (κ3) is 3.14. The van der Waals surface area contributed by atoms with Crippen LogP contribution < -0.4 is 5.32 Å². The van der Waals surface area contributed by atoms with Crippen LogP contribution in [0.3, 0.4) is 0 Å². The SMILES string of the molecule is CNC(CCC1CC1)C(C)(C)C. The molecule has 0 aromatic rings. The Kier molecular flexibility index (Phi) is 3.16. The van der Waals surface area contributed by atoms with E-state index in [-0.39, 0.29) is 0 Å². The molecule has 1 fully saturated rings. The van der Waals surface area contributed by atoms with Gasteiger partial charge in [0.1, 0.15) is 0 Å². The summed E-state index contributed by atoms with van der Waals surface area (Å²) >= 11 is 0. The lowest BCUT2D eigenvalue weighted by Crippen LogP contribution is -2.37. The molecule has 1 rings (SSSR count). The van der Waals surface area contributed by atoms with E-state index in [2.05, 4.69) is 33.1 Å². The van der Waals surface area contributed by atoms with Crippen molar-refractivity contribution >= 4 is 0 Å². The maximum Gasteiger partial charge on any atom is 0.0113 e. The summed E-state index contributed by atoms with van der Waals surface area (Å²) in [4.78, 5) is 0. The molecule has 0 aromatic heterocycles. The smallest absolute Gasteiger partial charge is 0.0113 e. The molecule has 12 heavy (non-hydrogen) atoms. The van der Waals surface area contributed by atoms with Crippen molar-refractivity contribution in [3.8, 4) is 0 Å². The van der Waals surface area contributed by atoms with Gasteiger partial charge in [-0.3, -0.25) is 0 Å². The zero-order chi connectivity index (χ0) is 9.19. The van der Waals surface area contributed by atoms with Crippen molar-refractivity contribution < 1.29 is 0 Å². The largest absolute Gasteiger partial charge is 0.316 e. The van der Waals surface area contributed by atoms with Crippen molar-refractivity contribution in [1.29, 1.82) is 0 Å². The summed E-state index contributed by atoms with van der Waals surface area (Å²) in [6.07, 6.45) is 5.76. The summed E-state index contributed by atoms with van der Waals surface area (Å²) in [5.74, 6) is 1.07. The predicted octanol–water partition coefficient (Wildman–Crippen LogP) is 2.81. The van der Waals surface area contributed by atoms with Gasteiger partial charge < -0.3 is 5.32 Å². The minimum atomic E-state index is 0.420. The van der Waals surface area contributed by atoms with E-state index in [9.17, 15) is 0 Å². The molecule has 1 aliphatic carbocycles. The second-order valence-electron chi connectivity index (χ2n) is 5.23. The van der Waals surface area contributed by atoms with E-state index in [0.29, 0.717) is 11.5 Å². The normalized spacial score (nSPS) is 21.0. The molecule has 1 nitrogen and oxygen atoms in total. The fourth-order valence-corrected chi connectivity index (χ4v) is 1.82. The van der Waals surface area contributed by atoms with Gasteiger partial charge in [0.15, 0.2) is 0 Å². The fourth-order valence-electron chi connectivity index (χ4n) is 1.82. The van der Waals surface area contributed by atoms with Gasteiger partial charge >= 0.3 is 0 Å². The van der Waals surface area contributed by atoms with E-state index in [1.54, 1.807) is 0 Å². The summed E-state index contributed by atoms with van der Waals surface area (Å²) in [6, 6.07) is 0.693. The molecule has 1 N–H and O–H groups in total. The standard InChI is InChI=1S/C11H23N/c1-11(2,3)10(12-4)8-7-9-5-6-9/h9-10,12H,5-8H2,1-4H3. The number of nitrogens with one attached hydrogen (secondary N) is 1. The molecule has 1 atom stereocenters. The first kappa shape index (κ1) is 10.0. The second-order valence-corrected chi connectivity index (χ2v) is 5.23. The van der Waals surface area contributed by atoms with Crippen LogP contribution >= 0.6 is 0 Å². The molecule has 0 heterocycles. The monoisotopic (exact) mass is 169 g/mol. The van der Waals surface area contributed by atoms with Gasteiger partial charge in [0.05, 0.1) is 0 Å². The summed E-state index contributed by atoms with van der Waals surface area (Å²) in [6.45, 7) is 6.96. The highest BCUT2D eigenvalue weighted by Gasteiger charge is 2.27. The van der Waals surface area contributed by atoms with Gasteiger partial charge in [-0.05, 0) is 31.2 Å². The maximum atomic E-state index is 3.43. The van der Waals surface area contributed by atoms with Crippen LogP contribution in [0.5, 0.6) is 0 Å². The molecule has 0 bridgehead atoms. The molecule has 1 saturated carbocycles. The zero-order valence-electron chi connectivity index (χ0n) is 8.98. The van der Waals surface area contributed by atoms with E-state index in [0.717, 1.165) is 5.92 Å². The first-order valence-electron chi connectivity index (χ1n) is 5.21. The number of hydrogen-bond donors (Lipinski definition) is 1. The molecule has 0 spiro atoms. The van der Waals surface area contributed by atoms with Crippen LogP contribution in [0, 0.1) is 11.3 Å². The van der Waals surface area contributed by atoms with Crippen LogP contribution in [-0.2, 0) is 0 Å². The summed E-state index contributed by atoms with van der Waals surface area (Å²) in [7, 11) is 2.09. The zero-order valence-corrected chi connectivity index (χ0v) is 8.98. The molecule has 1 unspecified atom stereocenters. The number of rotatable bonds is 4. The van der Waals surface area contributed by atoms with Crippen LogP contribution in [0.15, 0.2) is 0 Å². The van der Waals surface area contributed by atoms with Gasteiger partial charge in [0.25, 0.3) is 0 Å². The maximum absolute atomic E-state index is 3.43. The fraction of sp³-hybridized carbons (Fsp3) is 1.00. The molecular weight excluding hydrogens is 146 g/mol.